The Kier molecular flexibility index (Phi) is 6.80. The van der Waals surface area contributed by atoms with E-state index in [1.807, 2.05) is 68.4 Å². The van der Waals surface area contributed by atoms with Gasteiger partial charge in [0.1, 0.15) is 17.9 Å². The van der Waals surface area contributed by atoms with Crippen LogP contribution in [0.25, 0.3) is 10.9 Å². The van der Waals surface area contributed by atoms with E-state index in [-0.39, 0.29) is 0 Å². The Balaban J connectivity index is 1.63. The Morgan fingerprint density at radius 2 is 1.82 bits per heavy atom. The van der Waals surface area contributed by atoms with Gasteiger partial charge < -0.3 is 14.8 Å². The number of nitrogens with one attached hydrogen (secondary N) is 1. The van der Waals surface area contributed by atoms with Crippen LogP contribution in [0.1, 0.15) is 34.0 Å². The van der Waals surface area contributed by atoms with E-state index in [1.165, 1.54) is 0 Å². The van der Waals surface area contributed by atoms with Crippen molar-refractivity contribution in [1.29, 1.82) is 0 Å². The highest BCUT2D eigenvalue weighted by Gasteiger charge is 2.18. The molecule has 1 heterocycles. The Labute approximate surface area is 198 Å². The highest BCUT2D eigenvalue weighted by Crippen LogP contribution is 2.32. The second-order valence-corrected chi connectivity index (χ2v) is 8.18. The second-order valence-electron chi connectivity index (χ2n) is 7.77. The number of halogens is 1. The average molecular weight is 461 g/mol. The highest BCUT2D eigenvalue weighted by molar-refractivity contribution is 6.31. The van der Waals surface area contributed by atoms with Gasteiger partial charge in [-0.1, -0.05) is 41.4 Å². The monoisotopic (exact) mass is 460 g/mol. The van der Waals surface area contributed by atoms with Crippen LogP contribution >= 0.6 is 11.6 Å². The normalized spacial score (nSPS) is 10.8. The molecule has 0 saturated heterocycles. The first-order valence-electron chi connectivity index (χ1n) is 10.8. The molecular weight excluding hydrogens is 436 g/mol. The maximum Gasteiger partial charge on any atom is 0.341 e. The van der Waals surface area contributed by atoms with Crippen LogP contribution in [0.5, 0.6) is 5.75 Å². The Bertz CT molecular complexity index is 1300. The minimum absolute atomic E-state index is 0.292. The lowest BCUT2D eigenvalue weighted by atomic mass is 10.0. The number of pyridine rings is 1. The number of rotatable bonds is 7. The van der Waals surface area contributed by atoms with Gasteiger partial charge in [0.05, 0.1) is 17.8 Å². The fraction of sp³-hybridized carbons (Fsp3) is 0.185. The summed E-state index contributed by atoms with van der Waals surface area (Å²) in [5, 5.41) is 4.95. The number of aryl methyl sites for hydroxylation is 2. The number of carbonyl (C=O) groups excluding carboxylic acids is 1. The summed E-state index contributed by atoms with van der Waals surface area (Å²) in [7, 11) is 0. The number of aromatic nitrogens is 1. The lowest BCUT2D eigenvalue weighted by molar-refractivity contribution is 0.0527. The van der Waals surface area contributed by atoms with Crippen molar-refractivity contribution in [2.75, 3.05) is 11.9 Å². The summed E-state index contributed by atoms with van der Waals surface area (Å²) in [6.45, 7) is 6.50. The number of ether oxygens (including phenoxy) is 2. The summed E-state index contributed by atoms with van der Waals surface area (Å²) in [4.78, 5) is 17.2. The van der Waals surface area contributed by atoms with E-state index in [0.29, 0.717) is 29.5 Å². The molecule has 0 unspecified atom stereocenters. The van der Waals surface area contributed by atoms with Crippen molar-refractivity contribution in [3.05, 3.63) is 94.1 Å². The lowest BCUT2D eigenvalue weighted by Gasteiger charge is -2.16. The molecule has 33 heavy (non-hydrogen) atoms. The number of anilines is 2. The molecule has 0 bridgehead atoms. The summed E-state index contributed by atoms with van der Waals surface area (Å²) in [5.41, 5.74) is 5.80. The standard InChI is InChI=1S/C27H25ClN2O3/c1-4-32-27(31)23-15-29-25-18(3)13-17(2)14-22(25)26(23)30-20-9-11-21(12-10-20)33-16-19-7-5-6-8-24(19)28/h5-15H,4,16H2,1-3H3,(H,29,30). The predicted octanol–water partition coefficient (Wildman–Crippen LogP) is 7.00. The van der Waals surface area contributed by atoms with E-state index in [4.69, 9.17) is 21.1 Å². The molecular formula is C27H25ClN2O3. The summed E-state index contributed by atoms with van der Waals surface area (Å²) in [6.07, 6.45) is 1.58. The van der Waals surface area contributed by atoms with E-state index in [0.717, 1.165) is 39.0 Å². The van der Waals surface area contributed by atoms with Crippen molar-refractivity contribution < 1.29 is 14.3 Å². The van der Waals surface area contributed by atoms with E-state index in [1.54, 1.807) is 13.1 Å². The summed E-state index contributed by atoms with van der Waals surface area (Å²) >= 11 is 6.21. The zero-order valence-corrected chi connectivity index (χ0v) is 19.6. The van der Waals surface area contributed by atoms with E-state index in [2.05, 4.69) is 16.4 Å². The lowest BCUT2D eigenvalue weighted by Crippen LogP contribution is -2.09. The van der Waals surface area contributed by atoms with Crippen molar-refractivity contribution in [1.82, 2.24) is 4.98 Å². The third-order valence-electron chi connectivity index (χ3n) is 5.28. The summed E-state index contributed by atoms with van der Waals surface area (Å²) < 4.78 is 11.1. The molecule has 3 aromatic carbocycles. The van der Waals surface area contributed by atoms with Gasteiger partial charge in [0.25, 0.3) is 0 Å². The predicted molar refractivity (Wildman–Crippen MR) is 133 cm³/mol. The van der Waals surface area contributed by atoms with E-state index in [9.17, 15) is 4.79 Å². The molecule has 0 saturated carbocycles. The van der Waals surface area contributed by atoms with Gasteiger partial charge in [-0.15, -0.1) is 0 Å². The molecule has 1 aromatic heterocycles. The first kappa shape index (κ1) is 22.6. The van der Waals surface area contributed by atoms with E-state index >= 15 is 0 Å². The number of nitrogens with zero attached hydrogens (tertiary/aromatic N) is 1. The molecule has 0 aliphatic carbocycles. The zero-order valence-electron chi connectivity index (χ0n) is 18.8. The minimum atomic E-state index is -0.409. The van der Waals surface area contributed by atoms with Crippen molar-refractivity contribution in [3.8, 4) is 5.75 Å². The number of hydrogen-bond acceptors (Lipinski definition) is 5. The molecule has 5 nitrogen and oxygen atoms in total. The fourth-order valence-electron chi connectivity index (χ4n) is 3.71. The quantitative estimate of drug-likeness (QED) is 0.301. The van der Waals surface area contributed by atoms with Crippen molar-refractivity contribution in [2.24, 2.45) is 0 Å². The van der Waals surface area contributed by atoms with Crippen molar-refractivity contribution in [3.63, 3.8) is 0 Å². The summed E-state index contributed by atoms with van der Waals surface area (Å²) in [6, 6.07) is 19.3. The highest BCUT2D eigenvalue weighted by atomic mass is 35.5. The van der Waals surface area contributed by atoms with Crippen LogP contribution in [0.3, 0.4) is 0 Å². The molecule has 0 aliphatic heterocycles. The molecule has 4 rings (SSSR count). The SMILES string of the molecule is CCOC(=O)c1cnc2c(C)cc(C)cc2c1Nc1ccc(OCc2ccccc2Cl)cc1. The van der Waals surface area contributed by atoms with Gasteiger partial charge in [-0.2, -0.15) is 0 Å². The number of benzene rings is 3. The largest absolute Gasteiger partial charge is 0.489 e. The average Bonchev–Trinajstić information content (AvgIpc) is 2.80. The van der Waals surface area contributed by atoms with Gasteiger partial charge >= 0.3 is 5.97 Å². The molecule has 0 amide bonds. The Morgan fingerprint density at radius 3 is 2.55 bits per heavy atom. The second kappa shape index (κ2) is 9.92. The third kappa shape index (κ3) is 5.10. The first-order chi connectivity index (χ1) is 16.0. The molecule has 0 radical (unpaired) electrons. The molecule has 0 fully saturated rings. The molecule has 4 aromatic rings. The van der Waals surface area contributed by atoms with Crippen LogP contribution in [-0.2, 0) is 11.3 Å². The first-order valence-corrected chi connectivity index (χ1v) is 11.1. The van der Waals surface area contributed by atoms with Gasteiger partial charge in [-0.3, -0.25) is 4.98 Å². The number of hydrogen-bond donors (Lipinski definition) is 1. The zero-order chi connectivity index (χ0) is 23.4. The van der Waals surface area contributed by atoms with Gasteiger partial charge in [0, 0.05) is 27.9 Å². The number of fused-ring (bicyclic) bond motifs is 1. The number of esters is 1. The molecule has 1 N–H and O–H groups in total. The van der Waals surface area contributed by atoms with Gasteiger partial charge in [-0.25, -0.2) is 4.79 Å². The van der Waals surface area contributed by atoms with Crippen LogP contribution in [-0.4, -0.2) is 17.6 Å². The van der Waals surface area contributed by atoms with Crippen molar-refractivity contribution in [2.45, 2.75) is 27.4 Å². The fourth-order valence-corrected chi connectivity index (χ4v) is 3.90. The van der Waals surface area contributed by atoms with Crippen LogP contribution in [0.2, 0.25) is 5.02 Å². The van der Waals surface area contributed by atoms with Gasteiger partial charge in [0.2, 0.25) is 0 Å². The smallest absolute Gasteiger partial charge is 0.341 e. The molecule has 0 atom stereocenters. The number of carbonyl (C=O) groups is 1. The van der Waals surface area contributed by atoms with Crippen LogP contribution in [0, 0.1) is 13.8 Å². The van der Waals surface area contributed by atoms with Crippen LogP contribution in [0.4, 0.5) is 11.4 Å². The Morgan fingerprint density at radius 1 is 1.06 bits per heavy atom. The van der Waals surface area contributed by atoms with Crippen molar-refractivity contribution >= 4 is 39.8 Å². The Hall–Kier alpha value is -3.57. The topological polar surface area (TPSA) is 60.5 Å². The summed E-state index contributed by atoms with van der Waals surface area (Å²) in [5.74, 6) is 0.311. The third-order valence-corrected chi connectivity index (χ3v) is 5.65. The maximum absolute atomic E-state index is 12.6. The van der Waals surface area contributed by atoms with Gasteiger partial charge in [0.15, 0.2) is 0 Å². The maximum atomic E-state index is 12.6. The molecule has 0 aliphatic rings. The molecule has 0 spiro atoms. The minimum Gasteiger partial charge on any atom is -0.489 e. The molecule has 168 valence electrons. The van der Waals surface area contributed by atoms with Gasteiger partial charge in [-0.05, 0) is 62.7 Å². The van der Waals surface area contributed by atoms with Crippen LogP contribution in [0.15, 0.2) is 66.9 Å². The van der Waals surface area contributed by atoms with E-state index < -0.39 is 5.97 Å². The van der Waals surface area contributed by atoms with Crippen LogP contribution < -0.4 is 10.1 Å². The molecule has 6 heteroatoms.